The summed E-state index contributed by atoms with van der Waals surface area (Å²) >= 11 is 8.74. The van der Waals surface area contributed by atoms with Crippen molar-refractivity contribution in [2.45, 2.75) is 51.5 Å². The number of aliphatic hydroxyl groups is 1. The maximum atomic E-state index is 13.0. The van der Waals surface area contributed by atoms with Crippen LogP contribution in [0.3, 0.4) is 0 Å². The smallest absolute Gasteiger partial charge is 0.333 e. The van der Waals surface area contributed by atoms with Crippen molar-refractivity contribution in [2.24, 2.45) is 0 Å². The molecule has 0 amide bonds. The molecule has 41 heavy (non-hydrogen) atoms. The molecule has 0 spiro atoms. The van der Waals surface area contributed by atoms with Gasteiger partial charge < -0.3 is 25.4 Å². The minimum absolute atomic E-state index is 0.146. The Labute approximate surface area is 254 Å². The summed E-state index contributed by atoms with van der Waals surface area (Å²) in [7, 11) is 0. The molecule has 1 saturated heterocycles. The van der Waals surface area contributed by atoms with Crippen LogP contribution in [0.4, 0.5) is 5.82 Å². The summed E-state index contributed by atoms with van der Waals surface area (Å²) in [5.41, 5.74) is -0.123. The van der Waals surface area contributed by atoms with Gasteiger partial charge in [-0.3, -0.25) is 18.8 Å². The van der Waals surface area contributed by atoms with Gasteiger partial charge in [0.25, 0.3) is 5.56 Å². The molecule has 2 aromatic heterocycles. The minimum Gasteiger partial charge on any atom is -0.393 e. The van der Waals surface area contributed by atoms with Crippen LogP contribution in [-0.2, 0) is 11.3 Å². The van der Waals surface area contributed by atoms with Crippen molar-refractivity contribution in [2.75, 3.05) is 57.7 Å². The number of aryl methyl sites for hydroxylation is 1. The number of nitrogens with one attached hydrogen (secondary N) is 2. The van der Waals surface area contributed by atoms with Gasteiger partial charge >= 0.3 is 5.69 Å². The number of hydrogen-bond donors (Lipinski definition) is 3. The van der Waals surface area contributed by atoms with Crippen molar-refractivity contribution in [3.8, 4) is 0 Å². The standard InChI is InChI=1S/C28H40BrN7O4S/c1-21-19-36(25-9-7-23(20-37)40-25)28(39)35(26(21)38)12-5-3-2-4-11-33-14-16-34(17-15-33)13-10-30-27(41)32-24-8-6-22(29)18-31-24/h6-9,18-19,23,25,37H,2-5,10-17,20H2,1H3,(H2,30,31,32,41). The molecule has 1 fully saturated rings. The maximum Gasteiger partial charge on any atom is 0.333 e. The van der Waals surface area contributed by atoms with Gasteiger partial charge in [0.1, 0.15) is 11.9 Å². The van der Waals surface area contributed by atoms with E-state index in [-0.39, 0.29) is 17.9 Å². The summed E-state index contributed by atoms with van der Waals surface area (Å²) in [4.78, 5) is 34.8. The number of unbranched alkanes of at least 4 members (excludes halogenated alkanes) is 3. The van der Waals surface area contributed by atoms with Crippen LogP contribution in [0.1, 0.15) is 37.5 Å². The van der Waals surface area contributed by atoms with Gasteiger partial charge in [-0.1, -0.05) is 18.9 Å². The van der Waals surface area contributed by atoms with Crippen molar-refractivity contribution in [3.63, 3.8) is 0 Å². The minimum atomic E-state index is -0.600. The fourth-order valence-corrected chi connectivity index (χ4v) is 5.46. The van der Waals surface area contributed by atoms with Crippen LogP contribution in [0.2, 0.25) is 0 Å². The molecule has 4 rings (SSSR count). The maximum absolute atomic E-state index is 13.0. The predicted octanol–water partition coefficient (Wildman–Crippen LogP) is 2.09. The lowest BCUT2D eigenvalue weighted by Gasteiger charge is -2.34. The highest BCUT2D eigenvalue weighted by Crippen LogP contribution is 2.19. The number of piperazine rings is 1. The highest BCUT2D eigenvalue weighted by atomic mass is 79.9. The molecule has 13 heteroatoms. The summed E-state index contributed by atoms with van der Waals surface area (Å²) in [6.07, 6.45) is 9.61. The molecule has 2 unspecified atom stereocenters. The van der Waals surface area contributed by atoms with E-state index < -0.39 is 12.3 Å². The molecule has 3 N–H and O–H groups in total. The number of aromatic nitrogens is 3. The summed E-state index contributed by atoms with van der Waals surface area (Å²) in [5.74, 6) is 0.719. The van der Waals surface area contributed by atoms with Gasteiger partial charge in [0.2, 0.25) is 0 Å². The van der Waals surface area contributed by atoms with Crippen LogP contribution in [0.5, 0.6) is 0 Å². The third-order valence-corrected chi connectivity index (χ3v) is 8.09. The van der Waals surface area contributed by atoms with Gasteiger partial charge in [0.15, 0.2) is 11.3 Å². The molecular weight excluding hydrogens is 610 g/mol. The first kappa shape index (κ1) is 31.5. The van der Waals surface area contributed by atoms with Gasteiger partial charge in [-0.25, -0.2) is 9.78 Å². The largest absolute Gasteiger partial charge is 0.393 e. The molecule has 2 aromatic rings. The lowest BCUT2D eigenvalue weighted by Crippen LogP contribution is -2.48. The zero-order chi connectivity index (χ0) is 29.2. The lowest BCUT2D eigenvalue weighted by molar-refractivity contribution is -0.0111. The van der Waals surface area contributed by atoms with Gasteiger partial charge in [-0.2, -0.15) is 0 Å². The fourth-order valence-electron chi connectivity index (χ4n) is 5.02. The van der Waals surface area contributed by atoms with Crippen LogP contribution < -0.4 is 21.9 Å². The third-order valence-electron chi connectivity index (χ3n) is 7.38. The first-order valence-corrected chi connectivity index (χ1v) is 15.4. The Bertz CT molecular complexity index is 1290. The summed E-state index contributed by atoms with van der Waals surface area (Å²) in [6, 6.07) is 3.79. The Morgan fingerprint density at radius 1 is 1.07 bits per heavy atom. The number of aliphatic hydroxyl groups excluding tert-OH is 1. The molecule has 2 aliphatic heterocycles. The molecule has 224 valence electrons. The monoisotopic (exact) mass is 649 g/mol. The van der Waals surface area contributed by atoms with Gasteiger partial charge in [0.05, 0.1) is 6.61 Å². The Kier molecular flexibility index (Phi) is 12.1. The van der Waals surface area contributed by atoms with Crippen molar-refractivity contribution >= 4 is 39.1 Å². The number of ether oxygens (including phenoxy) is 1. The van der Waals surface area contributed by atoms with Crippen molar-refractivity contribution in [3.05, 3.63) is 67.6 Å². The molecular formula is C28H40BrN7O4S. The molecule has 2 aliphatic rings. The number of hydrogen-bond acceptors (Lipinski definition) is 8. The number of halogens is 1. The molecule has 2 atom stereocenters. The Morgan fingerprint density at radius 2 is 1.78 bits per heavy atom. The Balaban J connectivity index is 1.08. The van der Waals surface area contributed by atoms with E-state index in [2.05, 4.69) is 41.3 Å². The highest BCUT2D eigenvalue weighted by Gasteiger charge is 2.22. The van der Waals surface area contributed by atoms with E-state index in [9.17, 15) is 14.7 Å². The number of nitrogens with zero attached hydrogens (tertiary/aromatic N) is 5. The van der Waals surface area contributed by atoms with Gasteiger partial charge in [-0.05, 0) is 72.7 Å². The van der Waals surface area contributed by atoms with E-state index in [0.29, 0.717) is 17.2 Å². The molecule has 0 saturated carbocycles. The predicted molar refractivity (Wildman–Crippen MR) is 167 cm³/mol. The number of pyridine rings is 1. The van der Waals surface area contributed by atoms with E-state index in [1.807, 2.05) is 12.1 Å². The first-order valence-electron chi connectivity index (χ1n) is 14.2. The third kappa shape index (κ3) is 9.29. The second-order valence-corrected chi connectivity index (χ2v) is 11.8. The van der Waals surface area contributed by atoms with E-state index >= 15 is 0 Å². The number of rotatable bonds is 13. The van der Waals surface area contributed by atoms with Crippen molar-refractivity contribution in [1.29, 1.82) is 0 Å². The van der Waals surface area contributed by atoms with Gasteiger partial charge in [-0.15, -0.1) is 0 Å². The van der Waals surface area contributed by atoms with E-state index in [1.165, 1.54) is 9.13 Å². The molecule has 0 radical (unpaired) electrons. The first-order chi connectivity index (χ1) is 19.8. The van der Waals surface area contributed by atoms with Crippen LogP contribution in [0.25, 0.3) is 0 Å². The zero-order valence-electron chi connectivity index (χ0n) is 23.5. The lowest BCUT2D eigenvalue weighted by atomic mass is 10.1. The van der Waals surface area contributed by atoms with Crippen LogP contribution in [-0.4, -0.2) is 92.7 Å². The molecule has 11 nitrogen and oxygen atoms in total. The topological polar surface area (TPSA) is 117 Å². The number of thiocarbonyl (C=S) groups is 1. The van der Waals surface area contributed by atoms with Crippen LogP contribution >= 0.6 is 28.1 Å². The quantitative estimate of drug-likeness (QED) is 0.169. The van der Waals surface area contributed by atoms with E-state index in [0.717, 1.165) is 81.8 Å². The second-order valence-electron chi connectivity index (χ2n) is 10.4. The van der Waals surface area contributed by atoms with E-state index in [4.69, 9.17) is 17.0 Å². The number of anilines is 1. The van der Waals surface area contributed by atoms with Crippen molar-refractivity contribution < 1.29 is 9.84 Å². The normalized spacial score (nSPS) is 19.5. The molecule has 0 aliphatic carbocycles. The average Bonchev–Trinajstić information content (AvgIpc) is 3.45. The summed E-state index contributed by atoms with van der Waals surface area (Å²) < 4.78 is 9.34. The zero-order valence-corrected chi connectivity index (χ0v) is 25.9. The van der Waals surface area contributed by atoms with Crippen LogP contribution in [0.15, 0.2) is 50.7 Å². The molecule has 0 aromatic carbocycles. The molecule has 0 bridgehead atoms. The average molecular weight is 651 g/mol. The van der Waals surface area contributed by atoms with Crippen molar-refractivity contribution in [1.82, 2.24) is 29.2 Å². The van der Waals surface area contributed by atoms with E-state index in [1.54, 1.807) is 31.5 Å². The highest BCUT2D eigenvalue weighted by molar-refractivity contribution is 9.10. The van der Waals surface area contributed by atoms with Crippen LogP contribution in [0, 0.1) is 6.92 Å². The summed E-state index contributed by atoms with van der Waals surface area (Å²) in [5, 5.41) is 16.2. The fraction of sp³-hybridized carbons (Fsp3) is 0.571. The summed E-state index contributed by atoms with van der Waals surface area (Å²) in [6.45, 7) is 8.93. The molecule has 4 heterocycles. The Morgan fingerprint density at radius 3 is 2.44 bits per heavy atom. The SMILES string of the molecule is Cc1cn(C2C=CC(CO)O2)c(=O)n(CCCCCCN2CCN(CCNC(=S)Nc3ccc(Br)cn3)CC2)c1=O. The Hall–Kier alpha value is -2.42. The van der Waals surface area contributed by atoms with Gasteiger partial charge in [0, 0.05) is 68.2 Å². The second kappa shape index (κ2) is 15.7.